The molecular weight excluding hydrogens is 473 g/mol. The summed E-state index contributed by atoms with van der Waals surface area (Å²) >= 11 is 6.24. The average Bonchev–Trinajstić information content (AvgIpc) is 3.26. The van der Waals surface area contributed by atoms with Crippen LogP contribution >= 0.6 is 24.0 Å². The van der Waals surface area contributed by atoms with E-state index in [4.69, 9.17) is 16.3 Å². The molecule has 2 aromatic heterocycles. The smallest absolute Gasteiger partial charge is 0.352 e. The number of carbonyl (C=O) groups is 1. The first-order valence-electron chi connectivity index (χ1n) is 11.0. The van der Waals surface area contributed by atoms with Crippen LogP contribution in [-0.4, -0.2) is 32.4 Å². The maximum Gasteiger partial charge on any atom is 0.352 e. The topological polar surface area (TPSA) is 80.1 Å². The molecule has 0 spiro atoms. The molecule has 6 nitrogen and oxygen atoms in total. The fourth-order valence-electron chi connectivity index (χ4n) is 4.52. The molecule has 8 heteroatoms. The second-order valence-corrected chi connectivity index (χ2v) is 8.88. The number of hydrogen-bond acceptors (Lipinski definition) is 3. The lowest BCUT2D eigenvalue weighted by Gasteiger charge is -2.10. The lowest BCUT2D eigenvalue weighted by molar-refractivity contribution is 0.0690. The van der Waals surface area contributed by atoms with E-state index in [2.05, 4.69) is 10.1 Å². The molecule has 0 aliphatic carbocycles. The van der Waals surface area contributed by atoms with E-state index in [1.165, 1.54) is 0 Å². The van der Waals surface area contributed by atoms with Gasteiger partial charge in [0.05, 0.1) is 17.8 Å². The number of halogens is 2. The Morgan fingerprint density at radius 1 is 1.18 bits per heavy atom. The third-order valence-corrected chi connectivity index (χ3v) is 6.78. The number of aryl methyl sites for hydroxylation is 5. The zero-order valence-corrected chi connectivity index (χ0v) is 21.5. The summed E-state index contributed by atoms with van der Waals surface area (Å²) in [7, 11) is 1.92. The van der Waals surface area contributed by atoms with Crippen LogP contribution in [0.2, 0.25) is 5.02 Å². The number of H-pyrrole nitrogens is 1. The van der Waals surface area contributed by atoms with Gasteiger partial charge in [-0.05, 0) is 69.4 Å². The van der Waals surface area contributed by atoms with E-state index in [1.807, 2.05) is 69.8 Å². The predicted octanol–water partition coefficient (Wildman–Crippen LogP) is 6.59. The highest BCUT2D eigenvalue weighted by Crippen LogP contribution is 2.35. The summed E-state index contributed by atoms with van der Waals surface area (Å²) in [4.78, 5) is 15.2. The Morgan fingerprint density at radius 3 is 2.44 bits per heavy atom. The predicted molar refractivity (Wildman–Crippen MR) is 139 cm³/mol. The van der Waals surface area contributed by atoms with Gasteiger partial charge in [-0.3, -0.25) is 4.68 Å². The third-order valence-electron chi connectivity index (χ3n) is 6.18. The number of aromatic amines is 1. The molecule has 0 aliphatic rings. The van der Waals surface area contributed by atoms with Crippen molar-refractivity contribution in [2.75, 3.05) is 6.61 Å². The molecule has 0 unspecified atom stereocenters. The molecule has 4 aromatic rings. The van der Waals surface area contributed by atoms with Crippen LogP contribution < -0.4 is 4.74 Å². The van der Waals surface area contributed by atoms with Gasteiger partial charge in [0.2, 0.25) is 0 Å². The molecule has 4 rings (SSSR count). The number of hydrogen-bond donors (Lipinski definition) is 2. The van der Waals surface area contributed by atoms with E-state index < -0.39 is 5.97 Å². The molecule has 2 aromatic carbocycles. The van der Waals surface area contributed by atoms with Crippen molar-refractivity contribution in [2.45, 2.75) is 40.5 Å². The first kappa shape index (κ1) is 25.7. The Balaban J connectivity index is 0.00000324. The molecular formula is C26H29Cl2N3O3. The molecule has 0 radical (unpaired) electrons. The molecule has 0 amide bonds. The molecule has 0 fully saturated rings. The van der Waals surface area contributed by atoms with Crippen molar-refractivity contribution >= 4 is 40.9 Å². The number of carboxylic acids is 1. The summed E-state index contributed by atoms with van der Waals surface area (Å²) in [6, 6.07) is 9.82. The van der Waals surface area contributed by atoms with Gasteiger partial charge in [-0.25, -0.2) is 4.79 Å². The van der Waals surface area contributed by atoms with E-state index >= 15 is 0 Å². The monoisotopic (exact) mass is 501 g/mol. The van der Waals surface area contributed by atoms with Gasteiger partial charge in [0.1, 0.15) is 11.4 Å². The number of fused-ring (bicyclic) bond motifs is 1. The molecule has 0 atom stereocenters. The van der Waals surface area contributed by atoms with Crippen LogP contribution in [0.3, 0.4) is 0 Å². The Hall–Kier alpha value is -2.96. The molecule has 180 valence electrons. The quantitative estimate of drug-likeness (QED) is 0.280. The fourth-order valence-corrected chi connectivity index (χ4v) is 4.63. The van der Waals surface area contributed by atoms with Crippen molar-refractivity contribution in [1.29, 1.82) is 0 Å². The molecule has 0 saturated heterocycles. The number of ether oxygens (including phenoxy) is 1. The minimum Gasteiger partial charge on any atom is -0.494 e. The van der Waals surface area contributed by atoms with Crippen LogP contribution in [0.25, 0.3) is 22.0 Å². The summed E-state index contributed by atoms with van der Waals surface area (Å²) in [6.07, 6.45) is 1.27. The van der Waals surface area contributed by atoms with E-state index in [1.54, 1.807) is 0 Å². The summed E-state index contributed by atoms with van der Waals surface area (Å²) in [5, 5.41) is 16.1. The van der Waals surface area contributed by atoms with Gasteiger partial charge >= 0.3 is 5.97 Å². The number of nitrogens with one attached hydrogen (secondary N) is 1. The van der Waals surface area contributed by atoms with Gasteiger partial charge in [0, 0.05) is 34.3 Å². The first-order valence-corrected chi connectivity index (χ1v) is 11.3. The summed E-state index contributed by atoms with van der Waals surface area (Å²) in [5.41, 5.74) is 7.76. The minimum absolute atomic E-state index is 0. The minimum atomic E-state index is -0.961. The summed E-state index contributed by atoms with van der Waals surface area (Å²) < 4.78 is 7.78. The SMILES string of the molecule is Cc1cc(OCCCc2c(C(=O)O)[nH]c3c(-c4c(C)nn(C)c4C)cccc23)cc(C)c1Cl.Cl. The standard InChI is InChI=1S/C26H28ClN3O3.ClH/c1-14-12-18(13-15(2)23(14)27)33-11-7-10-20-19-8-6-9-21(24(19)28-25(20)26(31)32)22-16(3)29-30(5)17(22)4;/h6,8-9,12-13,28H,7,10-11H2,1-5H3,(H,31,32);1H. The Bertz CT molecular complexity index is 1350. The fraction of sp³-hybridized carbons (Fsp3) is 0.308. The zero-order valence-electron chi connectivity index (χ0n) is 20.0. The number of aromatic nitrogens is 3. The summed E-state index contributed by atoms with van der Waals surface area (Å²) in [5.74, 6) is -0.187. The lowest BCUT2D eigenvalue weighted by atomic mass is 9.98. The second kappa shape index (κ2) is 10.1. The van der Waals surface area contributed by atoms with E-state index in [-0.39, 0.29) is 18.1 Å². The largest absolute Gasteiger partial charge is 0.494 e. The zero-order chi connectivity index (χ0) is 23.9. The Labute approximate surface area is 210 Å². The van der Waals surface area contributed by atoms with Gasteiger partial charge in [0.15, 0.2) is 0 Å². The molecule has 0 saturated carbocycles. The normalized spacial score (nSPS) is 11.0. The molecule has 2 N–H and O–H groups in total. The van der Waals surface area contributed by atoms with Crippen LogP contribution in [0.5, 0.6) is 5.75 Å². The molecule has 0 aliphatic heterocycles. The highest BCUT2D eigenvalue weighted by atomic mass is 35.5. The van der Waals surface area contributed by atoms with Gasteiger partial charge < -0.3 is 14.8 Å². The van der Waals surface area contributed by atoms with E-state index in [0.717, 1.165) is 60.9 Å². The lowest BCUT2D eigenvalue weighted by Crippen LogP contribution is -2.04. The number of benzene rings is 2. The summed E-state index contributed by atoms with van der Waals surface area (Å²) in [6.45, 7) is 8.38. The van der Waals surface area contributed by atoms with Crippen LogP contribution in [0, 0.1) is 27.7 Å². The van der Waals surface area contributed by atoms with Crippen molar-refractivity contribution in [1.82, 2.24) is 14.8 Å². The van der Waals surface area contributed by atoms with Crippen molar-refractivity contribution in [3.8, 4) is 16.9 Å². The Morgan fingerprint density at radius 2 is 1.85 bits per heavy atom. The highest BCUT2D eigenvalue weighted by molar-refractivity contribution is 6.32. The second-order valence-electron chi connectivity index (χ2n) is 8.50. The van der Waals surface area contributed by atoms with Gasteiger partial charge in [-0.1, -0.05) is 29.8 Å². The van der Waals surface area contributed by atoms with E-state index in [0.29, 0.717) is 19.4 Å². The highest BCUT2D eigenvalue weighted by Gasteiger charge is 2.21. The van der Waals surface area contributed by atoms with Crippen molar-refractivity contribution in [3.05, 3.63) is 69.1 Å². The molecule has 2 heterocycles. The van der Waals surface area contributed by atoms with Crippen LogP contribution in [0.15, 0.2) is 30.3 Å². The van der Waals surface area contributed by atoms with Crippen molar-refractivity contribution < 1.29 is 14.6 Å². The number of carboxylic acid groups (broad SMARTS) is 1. The number of aromatic carboxylic acids is 1. The van der Waals surface area contributed by atoms with E-state index in [9.17, 15) is 9.90 Å². The van der Waals surface area contributed by atoms with Gasteiger partial charge in [-0.2, -0.15) is 5.10 Å². The van der Waals surface area contributed by atoms with Crippen LogP contribution in [0.4, 0.5) is 0 Å². The van der Waals surface area contributed by atoms with Gasteiger partial charge in [0.25, 0.3) is 0 Å². The van der Waals surface area contributed by atoms with Crippen LogP contribution in [0.1, 0.15) is 45.0 Å². The van der Waals surface area contributed by atoms with Crippen molar-refractivity contribution in [2.24, 2.45) is 7.05 Å². The van der Waals surface area contributed by atoms with Crippen molar-refractivity contribution in [3.63, 3.8) is 0 Å². The van der Waals surface area contributed by atoms with Gasteiger partial charge in [-0.15, -0.1) is 12.4 Å². The average molecular weight is 502 g/mol. The number of nitrogens with zero attached hydrogens (tertiary/aromatic N) is 2. The maximum absolute atomic E-state index is 12.0. The third kappa shape index (κ3) is 4.65. The number of rotatable bonds is 7. The van der Waals surface area contributed by atoms with Crippen LogP contribution in [-0.2, 0) is 13.5 Å². The molecule has 0 bridgehead atoms. The maximum atomic E-state index is 12.0. The molecule has 34 heavy (non-hydrogen) atoms. The first-order chi connectivity index (χ1) is 15.7. The Kier molecular flexibility index (Phi) is 7.64. The number of para-hydroxylation sites is 1.